The lowest BCUT2D eigenvalue weighted by Gasteiger charge is -2.20. The molecule has 4 N–H and O–H groups in total. The molecule has 1 aliphatic carbocycles. The molecule has 1 aromatic heterocycles. The van der Waals surface area contributed by atoms with E-state index in [4.69, 9.17) is 11.5 Å². The largest absolute Gasteiger partial charge is 0.375 e. The zero-order valence-corrected chi connectivity index (χ0v) is 13.0. The summed E-state index contributed by atoms with van der Waals surface area (Å²) in [7, 11) is 0. The number of primary amides is 1. The second-order valence-electron chi connectivity index (χ2n) is 5.37. The molecule has 120 valence electrons. The zero-order chi connectivity index (χ0) is 16.6. The third-order valence-corrected chi connectivity index (χ3v) is 4.44. The predicted octanol–water partition coefficient (Wildman–Crippen LogP) is 1.62. The molecule has 1 saturated carbocycles. The monoisotopic (exact) mass is 334 g/mol. The lowest BCUT2D eigenvalue weighted by atomic mass is 10.1. The second-order valence-corrected chi connectivity index (χ2v) is 6.40. The van der Waals surface area contributed by atoms with Crippen LogP contribution < -0.4 is 11.5 Å². The molecule has 0 aliphatic heterocycles. The van der Waals surface area contributed by atoms with Gasteiger partial charge in [0.25, 0.3) is 5.91 Å². The van der Waals surface area contributed by atoms with Crippen molar-refractivity contribution in [3.63, 3.8) is 0 Å². The number of nitrogen functional groups attached to an aromatic ring is 1. The Morgan fingerprint density at radius 2 is 2.13 bits per heavy atom. The molecule has 1 aliphatic rings. The summed E-state index contributed by atoms with van der Waals surface area (Å²) in [6, 6.07) is 5.87. The van der Waals surface area contributed by atoms with Crippen molar-refractivity contribution in [2.45, 2.75) is 18.9 Å². The number of thiazole rings is 1. The number of hydrogen-bond acceptors (Lipinski definition) is 5. The number of anilines is 1. The summed E-state index contributed by atoms with van der Waals surface area (Å²) in [6.07, 6.45) is 1.65. The highest BCUT2D eigenvalue weighted by Crippen LogP contribution is 2.35. The number of carbonyl (C=O) groups is 2. The van der Waals surface area contributed by atoms with Crippen LogP contribution in [0.15, 0.2) is 24.3 Å². The molecule has 0 bridgehead atoms. The van der Waals surface area contributed by atoms with Crippen LogP contribution in [0.5, 0.6) is 0 Å². The first-order chi connectivity index (χ1) is 11.0. The van der Waals surface area contributed by atoms with Crippen molar-refractivity contribution < 1.29 is 14.0 Å². The van der Waals surface area contributed by atoms with Gasteiger partial charge in [-0.05, 0) is 30.5 Å². The van der Waals surface area contributed by atoms with E-state index in [2.05, 4.69) is 4.98 Å². The Morgan fingerprint density at radius 1 is 1.39 bits per heavy atom. The van der Waals surface area contributed by atoms with Gasteiger partial charge in [0.15, 0.2) is 5.13 Å². The van der Waals surface area contributed by atoms with E-state index in [1.54, 1.807) is 12.1 Å². The first kappa shape index (κ1) is 15.4. The molecule has 8 heteroatoms. The van der Waals surface area contributed by atoms with E-state index in [-0.39, 0.29) is 23.4 Å². The molecular formula is C15H15FN4O2S. The van der Waals surface area contributed by atoms with Crippen molar-refractivity contribution in [2.24, 2.45) is 5.73 Å². The SMILES string of the molecule is NC(=O)CN(C(=O)c1nc(N)sc1-c1cccc(F)c1)C1CC1. The fourth-order valence-corrected chi connectivity index (χ4v) is 3.18. The summed E-state index contributed by atoms with van der Waals surface area (Å²) in [4.78, 5) is 30.0. The molecule has 0 saturated heterocycles. The maximum atomic E-state index is 13.5. The molecule has 2 aromatic rings. The fraction of sp³-hybridized carbons (Fsp3) is 0.267. The highest BCUT2D eigenvalue weighted by Gasteiger charge is 2.36. The van der Waals surface area contributed by atoms with Gasteiger partial charge in [-0.25, -0.2) is 9.37 Å². The van der Waals surface area contributed by atoms with Crippen molar-refractivity contribution >= 4 is 28.3 Å². The fourth-order valence-electron chi connectivity index (χ4n) is 2.36. The summed E-state index contributed by atoms with van der Waals surface area (Å²) >= 11 is 1.11. The minimum atomic E-state index is -0.583. The predicted molar refractivity (Wildman–Crippen MR) is 85.2 cm³/mol. The Morgan fingerprint density at radius 3 is 2.74 bits per heavy atom. The van der Waals surface area contributed by atoms with E-state index in [1.165, 1.54) is 17.0 Å². The standard InChI is InChI=1S/C15H15FN4O2S/c16-9-3-1-2-8(6-9)13-12(19-15(18)23-13)14(22)20(7-11(17)21)10-4-5-10/h1-3,6,10H,4-5,7H2,(H2,17,21)(H2,18,19). The first-order valence-electron chi connectivity index (χ1n) is 7.07. The van der Waals surface area contributed by atoms with Crippen molar-refractivity contribution in [3.8, 4) is 10.4 Å². The maximum absolute atomic E-state index is 13.5. The number of hydrogen-bond donors (Lipinski definition) is 2. The van der Waals surface area contributed by atoms with Crippen LogP contribution in [-0.4, -0.2) is 34.3 Å². The van der Waals surface area contributed by atoms with Crippen LogP contribution in [0.1, 0.15) is 23.3 Å². The van der Waals surface area contributed by atoms with Crippen LogP contribution in [0.25, 0.3) is 10.4 Å². The minimum absolute atomic E-state index is 0.00159. The quantitative estimate of drug-likeness (QED) is 0.867. The zero-order valence-electron chi connectivity index (χ0n) is 12.2. The molecule has 1 heterocycles. The van der Waals surface area contributed by atoms with Crippen LogP contribution in [0.3, 0.4) is 0 Å². The number of carbonyl (C=O) groups excluding carboxylic acids is 2. The summed E-state index contributed by atoms with van der Waals surface area (Å²) in [5.41, 5.74) is 11.6. The van der Waals surface area contributed by atoms with Crippen LogP contribution >= 0.6 is 11.3 Å². The molecular weight excluding hydrogens is 319 g/mol. The van der Waals surface area contributed by atoms with Crippen LogP contribution in [0, 0.1) is 5.82 Å². The van der Waals surface area contributed by atoms with Gasteiger partial charge in [0.05, 0.1) is 11.4 Å². The molecule has 2 amide bonds. The molecule has 1 fully saturated rings. The number of amides is 2. The Kier molecular flexibility index (Phi) is 3.99. The van der Waals surface area contributed by atoms with Crippen molar-refractivity contribution in [1.82, 2.24) is 9.88 Å². The molecule has 0 unspecified atom stereocenters. The number of aromatic nitrogens is 1. The van der Waals surface area contributed by atoms with Gasteiger partial charge in [0.2, 0.25) is 5.91 Å². The van der Waals surface area contributed by atoms with E-state index in [9.17, 15) is 14.0 Å². The van der Waals surface area contributed by atoms with E-state index in [0.717, 1.165) is 24.2 Å². The Labute approximate surface area is 135 Å². The number of benzene rings is 1. The second kappa shape index (κ2) is 5.96. The topological polar surface area (TPSA) is 102 Å². The molecule has 0 radical (unpaired) electrons. The van der Waals surface area contributed by atoms with Crippen molar-refractivity contribution in [3.05, 3.63) is 35.8 Å². The number of nitrogens with zero attached hydrogens (tertiary/aromatic N) is 2. The third kappa shape index (κ3) is 3.31. The van der Waals surface area contributed by atoms with Crippen molar-refractivity contribution in [2.75, 3.05) is 12.3 Å². The van der Waals surface area contributed by atoms with Gasteiger partial charge in [0, 0.05) is 6.04 Å². The molecule has 6 nitrogen and oxygen atoms in total. The van der Waals surface area contributed by atoms with E-state index < -0.39 is 17.6 Å². The van der Waals surface area contributed by atoms with Crippen LogP contribution in [0.4, 0.5) is 9.52 Å². The highest BCUT2D eigenvalue weighted by molar-refractivity contribution is 7.19. The smallest absolute Gasteiger partial charge is 0.274 e. The normalized spacial score (nSPS) is 13.8. The van der Waals surface area contributed by atoms with Gasteiger partial charge in [-0.2, -0.15) is 0 Å². The van der Waals surface area contributed by atoms with Gasteiger partial charge < -0.3 is 16.4 Å². The Balaban J connectivity index is 1.99. The van der Waals surface area contributed by atoms with Gasteiger partial charge in [0.1, 0.15) is 11.5 Å². The van der Waals surface area contributed by atoms with Crippen LogP contribution in [0.2, 0.25) is 0 Å². The van der Waals surface area contributed by atoms with Gasteiger partial charge in [-0.15, -0.1) is 0 Å². The number of rotatable bonds is 5. The molecule has 23 heavy (non-hydrogen) atoms. The van der Waals surface area contributed by atoms with E-state index in [0.29, 0.717) is 10.4 Å². The molecule has 3 rings (SSSR count). The first-order valence-corrected chi connectivity index (χ1v) is 7.89. The third-order valence-electron chi connectivity index (χ3n) is 3.51. The lowest BCUT2D eigenvalue weighted by Crippen LogP contribution is -2.40. The Bertz CT molecular complexity index is 773. The highest BCUT2D eigenvalue weighted by atomic mass is 32.1. The average Bonchev–Trinajstić information content (AvgIpc) is 3.26. The Hall–Kier alpha value is -2.48. The summed E-state index contributed by atoms with van der Waals surface area (Å²) < 4.78 is 13.5. The lowest BCUT2D eigenvalue weighted by molar-refractivity contribution is -0.118. The van der Waals surface area contributed by atoms with Crippen LogP contribution in [-0.2, 0) is 4.79 Å². The summed E-state index contributed by atoms with van der Waals surface area (Å²) in [5, 5.41) is 0.211. The number of nitrogens with two attached hydrogens (primary N) is 2. The molecule has 0 atom stereocenters. The number of halogens is 1. The molecule has 0 spiro atoms. The molecule has 1 aromatic carbocycles. The van der Waals surface area contributed by atoms with Crippen molar-refractivity contribution in [1.29, 1.82) is 0 Å². The van der Waals surface area contributed by atoms with E-state index >= 15 is 0 Å². The van der Waals surface area contributed by atoms with E-state index in [1.807, 2.05) is 0 Å². The summed E-state index contributed by atoms with van der Waals surface area (Å²) in [5.74, 6) is -1.40. The minimum Gasteiger partial charge on any atom is -0.375 e. The maximum Gasteiger partial charge on any atom is 0.274 e. The summed E-state index contributed by atoms with van der Waals surface area (Å²) in [6.45, 7) is -0.163. The average molecular weight is 334 g/mol. The van der Waals surface area contributed by atoms with Gasteiger partial charge in [-0.1, -0.05) is 23.5 Å². The van der Waals surface area contributed by atoms with Gasteiger partial charge in [-0.3, -0.25) is 9.59 Å². The van der Waals surface area contributed by atoms with Gasteiger partial charge >= 0.3 is 0 Å².